The molecule has 3 N–H and O–H groups in total. The minimum absolute atomic E-state index is 0.0450. The predicted molar refractivity (Wildman–Crippen MR) is 54.8 cm³/mol. The molecule has 1 rings (SSSR count). The lowest BCUT2D eigenvalue weighted by Gasteiger charge is -2.14. The number of carbonyl (C=O) groups is 1. The van der Waals surface area contributed by atoms with Gasteiger partial charge in [-0.15, -0.1) is 0 Å². The smallest absolute Gasteiger partial charge is 0.221 e. The van der Waals surface area contributed by atoms with Gasteiger partial charge in [-0.25, -0.2) is 0 Å². The Kier molecular flexibility index (Phi) is 4.90. The van der Waals surface area contributed by atoms with Gasteiger partial charge in [0, 0.05) is 25.6 Å². The van der Waals surface area contributed by atoms with E-state index in [1.54, 1.807) is 0 Å². The molecule has 1 fully saturated rings. The quantitative estimate of drug-likeness (QED) is 0.646. The molecule has 0 radical (unpaired) electrons. The van der Waals surface area contributed by atoms with E-state index < -0.39 is 0 Å². The highest BCUT2D eigenvalue weighted by molar-refractivity contribution is 5.76. The third-order valence-electron chi connectivity index (χ3n) is 2.68. The molecule has 1 saturated heterocycles. The van der Waals surface area contributed by atoms with E-state index >= 15 is 0 Å². The lowest BCUT2D eigenvalue weighted by atomic mass is 10.1. The van der Waals surface area contributed by atoms with Gasteiger partial charge in [-0.05, 0) is 19.3 Å². The number of primary amides is 1. The summed E-state index contributed by atoms with van der Waals surface area (Å²) < 4.78 is 5.45. The van der Waals surface area contributed by atoms with Crippen LogP contribution >= 0.6 is 0 Å². The van der Waals surface area contributed by atoms with Crippen molar-refractivity contribution in [2.45, 2.75) is 32.3 Å². The Morgan fingerprint density at radius 2 is 2.50 bits per heavy atom. The van der Waals surface area contributed by atoms with Crippen LogP contribution in [-0.4, -0.2) is 31.7 Å². The molecule has 4 heteroatoms. The molecule has 2 atom stereocenters. The standard InChI is InChI=1S/C10H20N2O2/c1-2-8(10(11)13)6-12-7-9-4-3-5-14-9/h8-9,12H,2-7H2,1H3,(H2,11,13). The first-order valence-corrected chi connectivity index (χ1v) is 5.35. The first kappa shape index (κ1) is 11.5. The Labute approximate surface area is 85.2 Å². The van der Waals surface area contributed by atoms with Gasteiger partial charge in [-0.3, -0.25) is 4.79 Å². The molecule has 0 spiro atoms. The first-order chi connectivity index (χ1) is 6.74. The van der Waals surface area contributed by atoms with Gasteiger partial charge in [-0.1, -0.05) is 6.92 Å². The number of nitrogens with two attached hydrogens (primary N) is 1. The molecule has 1 aliphatic heterocycles. The van der Waals surface area contributed by atoms with E-state index in [4.69, 9.17) is 10.5 Å². The molecule has 0 bridgehead atoms. The van der Waals surface area contributed by atoms with Crippen molar-refractivity contribution in [3.05, 3.63) is 0 Å². The second-order valence-electron chi connectivity index (χ2n) is 3.80. The van der Waals surface area contributed by atoms with Crippen LogP contribution in [0.15, 0.2) is 0 Å². The van der Waals surface area contributed by atoms with Crippen molar-refractivity contribution < 1.29 is 9.53 Å². The first-order valence-electron chi connectivity index (χ1n) is 5.35. The molecule has 14 heavy (non-hydrogen) atoms. The predicted octanol–water partition coefficient (Wildman–Crippen LogP) is 0.267. The molecule has 1 heterocycles. The highest BCUT2D eigenvalue weighted by atomic mass is 16.5. The minimum atomic E-state index is -0.215. The molecule has 1 amide bonds. The summed E-state index contributed by atoms with van der Waals surface area (Å²) in [4.78, 5) is 10.9. The van der Waals surface area contributed by atoms with Gasteiger partial charge in [-0.2, -0.15) is 0 Å². The summed E-state index contributed by atoms with van der Waals surface area (Å²) in [5, 5.41) is 3.23. The zero-order valence-corrected chi connectivity index (χ0v) is 8.79. The maximum atomic E-state index is 10.9. The van der Waals surface area contributed by atoms with Crippen LogP contribution in [0.3, 0.4) is 0 Å². The number of ether oxygens (including phenoxy) is 1. The summed E-state index contributed by atoms with van der Waals surface area (Å²) in [6, 6.07) is 0. The topological polar surface area (TPSA) is 64.3 Å². The summed E-state index contributed by atoms with van der Waals surface area (Å²) >= 11 is 0. The number of amides is 1. The van der Waals surface area contributed by atoms with E-state index in [2.05, 4.69) is 5.32 Å². The van der Waals surface area contributed by atoms with Crippen LogP contribution in [0.2, 0.25) is 0 Å². The van der Waals surface area contributed by atoms with Crippen molar-refractivity contribution >= 4 is 5.91 Å². The second-order valence-corrected chi connectivity index (χ2v) is 3.80. The van der Waals surface area contributed by atoms with Crippen molar-refractivity contribution in [3.63, 3.8) is 0 Å². The van der Waals surface area contributed by atoms with Gasteiger partial charge in [0.05, 0.1) is 6.10 Å². The summed E-state index contributed by atoms with van der Waals surface area (Å²) in [5.74, 6) is -0.260. The fourth-order valence-corrected chi connectivity index (χ4v) is 1.67. The Morgan fingerprint density at radius 3 is 3.00 bits per heavy atom. The van der Waals surface area contributed by atoms with Gasteiger partial charge in [0.15, 0.2) is 0 Å². The molecule has 1 aliphatic rings. The van der Waals surface area contributed by atoms with Crippen molar-refractivity contribution in [2.75, 3.05) is 19.7 Å². The SMILES string of the molecule is CCC(CNCC1CCCO1)C(N)=O. The molecule has 0 aromatic heterocycles. The molecule has 82 valence electrons. The highest BCUT2D eigenvalue weighted by Gasteiger charge is 2.16. The molecule has 0 aromatic carbocycles. The lowest BCUT2D eigenvalue weighted by molar-refractivity contribution is -0.121. The summed E-state index contributed by atoms with van der Waals surface area (Å²) in [6.45, 7) is 4.36. The van der Waals surface area contributed by atoms with Gasteiger partial charge in [0.1, 0.15) is 0 Å². The van der Waals surface area contributed by atoms with Gasteiger partial charge in [0.25, 0.3) is 0 Å². The molecule has 0 saturated carbocycles. The normalized spacial score (nSPS) is 23.6. The van der Waals surface area contributed by atoms with Crippen molar-refractivity contribution in [3.8, 4) is 0 Å². The number of carbonyl (C=O) groups excluding carboxylic acids is 1. The molecule has 0 aromatic rings. The van der Waals surface area contributed by atoms with Gasteiger partial charge in [0.2, 0.25) is 5.91 Å². The molecule has 0 aliphatic carbocycles. The zero-order chi connectivity index (χ0) is 10.4. The van der Waals surface area contributed by atoms with Gasteiger partial charge >= 0.3 is 0 Å². The number of hydrogen-bond acceptors (Lipinski definition) is 3. The fraction of sp³-hybridized carbons (Fsp3) is 0.900. The van der Waals surface area contributed by atoms with E-state index in [-0.39, 0.29) is 11.8 Å². The fourth-order valence-electron chi connectivity index (χ4n) is 1.67. The Hall–Kier alpha value is -0.610. The third-order valence-corrected chi connectivity index (χ3v) is 2.68. The van der Waals surface area contributed by atoms with E-state index in [1.165, 1.54) is 0 Å². The minimum Gasteiger partial charge on any atom is -0.377 e. The van der Waals surface area contributed by atoms with Crippen molar-refractivity contribution in [1.29, 1.82) is 0 Å². The summed E-state index contributed by atoms with van der Waals surface area (Å²) in [6.07, 6.45) is 3.41. The number of nitrogens with one attached hydrogen (secondary N) is 1. The summed E-state index contributed by atoms with van der Waals surface area (Å²) in [5.41, 5.74) is 5.23. The van der Waals surface area contributed by atoms with Crippen molar-refractivity contribution in [1.82, 2.24) is 5.32 Å². The Balaban J connectivity index is 2.09. The van der Waals surface area contributed by atoms with Crippen LogP contribution in [0.5, 0.6) is 0 Å². The second kappa shape index (κ2) is 5.98. The van der Waals surface area contributed by atoms with Crippen LogP contribution in [0.1, 0.15) is 26.2 Å². The van der Waals surface area contributed by atoms with Crippen LogP contribution in [0, 0.1) is 5.92 Å². The van der Waals surface area contributed by atoms with Crippen LogP contribution < -0.4 is 11.1 Å². The van der Waals surface area contributed by atoms with Crippen LogP contribution in [0.25, 0.3) is 0 Å². The third kappa shape index (κ3) is 3.64. The Bertz CT molecular complexity index is 179. The number of hydrogen-bond donors (Lipinski definition) is 2. The largest absolute Gasteiger partial charge is 0.377 e. The monoisotopic (exact) mass is 200 g/mol. The summed E-state index contributed by atoms with van der Waals surface area (Å²) in [7, 11) is 0. The average molecular weight is 200 g/mol. The zero-order valence-electron chi connectivity index (χ0n) is 8.79. The van der Waals surface area contributed by atoms with E-state index in [0.29, 0.717) is 12.6 Å². The van der Waals surface area contributed by atoms with Crippen LogP contribution in [-0.2, 0) is 9.53 Å². The van der Waals surface area contributed by atoms with E-state index in [1.807, 2.05) is 6.92 Å². The molecular weight excluding hydrogens is 180 g/mol. The molecule has 4 nitrogen and oxygen atoms in total. The van der Waals surface area contributed by atoms with Gasteiger partial charge < -0.3 is 15.8 Å². The Morgan fingerprint density at radius 1 is 1.71 bits per heavy atom. The van der Waals surface area contributed by atoms with E-state index in [0.717, 1.165) is 32.4 Å². The van der Waals surface area contributed by atoms with Crippen molar-refractivity contribution in [2.24, 2.45) is 11.7 Å². The van der Waals surface area contributed by atoms with Crippen LogP contribution in [0.4, 0.5) is 0 Å². The molecular formula is C10H20N2O2. The van der Waals surface area contributed by atoms with E-state index in [9.17, 15) is 4.79 Å². The lowest BCUT2D eigenvalue weighted by Crippen LogP contribution is -2.36. The maximum absolute atomic E-state index is 10.9. The maximum Gasteiger partial charge on any atom is 0.221 e. The average Bonchev–Trinajstić information content (AvgIpc) is 2.64. The number of rotatable bonds is 6. The highest BCUT2D eigenvalue weighted by Crippen LogP contribution is 2.10. The molecule has 2 unspecified atom stereocenters.